The highest BCUT2D eigenvalue weighted by atomic mass is 16.6. The number of ether oxygens (including phenoxy) is 1. The molecule has 6 heteroatoms. The van der Waals surface area contributed by atoms with Gasteiger partial charge in [-0.3, -0.25) is 14.9 Å². The molecule has 0 spiro atoms. The van der Waals surface area contributed by atoms with Crippen molar-refractivity contribution in [1.82, 2.24) is 4.98 Å². The first kappa shape index (κ1) is 11.9. The molecular weight excluding hydrogens is 248 g/mol. The number of Topliss-reactive ketones (excluding diaryl/α,β-unsaturated/α-hetero) is 1. The summed E-state index contributed by atoms with van der Waals surface area (Å²) in [4.78, 5) is 25.8. The van der Waals surface area contributed by atoms with E-state index < -0.39 is 11.0 Å². The van der Waals surface area contributed by atoms with E-state index in [2.05, 4.69) is 4.98 Å². The molecule has 1 saturated heterocycles. The molecule has 0 amide bonds. The number of ketones is 1. The van der Waals surface area contributed by atoms with Crippen LogP contribution in [0.2, 0.25) is 0 Å². The number of rotatable bonds is 3. The van der Waals surface area contributed by atoms with Crippen LogP contribution in [0.1, 0.15) is 23.2 Å². The molecule has 1 aliphatic rings. The van der Waals surface area contributed by atoms with Gasteiger partial charge in [0.2, 0.25) is 0 Å². The third-order valence-corrected chi connectivity index (χ3v) is 3.37. The molecule has 1 atom stereocenters. The fourth-order valence-corrected chi connectivity index (χ4v) is 2.47. The molecule has 19 heavy (non-hydrogen) atoms. The van der Waals surface area contributed by atoms with E-state index >= 15 is 0 Å². The van der Waals surface area contributed by atoms with Gasteiger partial charge >= 0.3 is 0 Å². The SMILES string of the molecule is O=C(c1c[nH]c2cccc([N+](=O)[O-])c12)C1CCCO1. The summed E-state index contributed by atoms with van der Waals surface area (Å²) < 4.78 is 5.35. The van der Waals surface area contributed by atoms with E-state index in [4.69, 9.17) is 4.74 Å². The Labute approximate surface area is 108 Å². The Kier molecular flexibility index (Phi) is 2.79. The second-order valence-corrected chi connectivity index (χ2v) is 4.53. The summed E-state index contributed by atoms with van der Waals surface area (Å²) in [5.41, 5.74) is 0.879. The highest BCUT2D eigenvalue weighted by Gasteiger charge is 2.29. The highest BCUT2D eigenvalue weighted by Crippen LogP contribution is 2.30. The zero-order chi connectivity index (χ0) is 13.4. The fourth-order valence-electron chi connectivity index (χ4n) is 2.47. The lowest BCUT2D eigenvalue weighted by Crippen LogP contribution is -2.19. The lowest BCUT2D eigenvalue weighted by atomic mass is 10.0. The zero-order valence-corrected chi connectivity index (χ0v) is 10.1. The zero-order valence-electron chi connectivity index (χ0n) is 10.1. The number of carbonyl (C=O) groups excluding carboxylic acids is 1. The van der Waals surface area contributed by atoms with E-state index in [0.717, 1.165) is 6.42 Å². The van der Waals surface area contributed by atoms with Crippen LogP contribution in [-0.2, 0) is 4.74 Å². The topological polar surface area (TPSA) is 85.2 Å². The average molecular weight is 260 g/mol. The molecule has 1 aromatic carbocycles. The fraction of sp³-hybridized carbons (Fsp3) is 0.308. The molecule has 0 aliphatic carbocycles. The molecule has 1 unspecified atom stereocenters. The number of benzene rings is 1. The van der Waals surface area contributed by atoms with Crippen molar-refractivity contribution in [3.8, 4) is 0 Å². The smallest absolute Gasteiger partial charge is 0.279 e. The second-order valence-electron chi connectivity index (χ2n) is 4.53. The lowest BCUT2D eigenvalue weighted by Gasteiger charge is -2.06. The molecule has 1 N–H and O–H groups in total. The number of nitrogens with zero attached hydrogens (tertiary/aromatic N) is 1. The molecule has 0 saturated carbocycles. The highest BCUT2D eigenvalue weighted by molar-refractivity contribution is 6.12. The Morgan fingerprint density at radius 3 is 3.00 bits per heavy atom. The largest absolute Gasteiger partial charge is 0.370 e. The summed E-state index contributed by atoms with van der Waals surface area (Å²) in [6, 6.07) is 4.72. The van der Waals surface area contributed by atoms with Crippen molar-refractivity contribution in [2.45, 2.75) is 18.9 Å². The normalized spacial score (nSPS) is 18.8. The monoisotopic (exact) mass is 260 g/mol. The van der Waals surface area contributed by atoms with Gasteiger partial charge < -0.3 is 9.72 Å². The van der Waals surface area contributed by atoms with E-state index in [1.54, 1.807) is 12.1 Å². The molecular formula is C13H12N2O4. The predicted octanol–water partition coefficient (Wildman–Crippen LogP) is 2.44. The number of hydrogen-bond donors (Lipinski definition) is 1. The molecule has 2 heterocycles. The summed E-state index contributed by atoms with van der Waals surface area (Å²) >= 11 is 0. The number of nitro benzene ring substituents is 1. The first-order valence-electron chi connectivity index (χ1n) is 6.09. The number of non-ortho nitro benzene ring substituents is 1. The van der Waals surface area contributed by atoms with Gasteiger partial charge in [-0.1, -0.05) is 6.07 Å². The molecule has 6 nitrogen and oxygen atoms in total. The Balaban J connectivity index is 2.13. The van der Waals surface area contributed by atoms with Crippen molar-refractivity contribution in [3.63, 3.8) is 0 Å². The van der Waals surface area contributed by atoms with Crippen LogP contribution in [0, 0.1) is 10.1 Å². The predicted molar refractivity (Wildman–Crippen MR) is 68.3 cm³/mol. The Morgan fingerprint density at radius 1 is 1.47 bits per heavy atom. The standard InChI is InChI=1S/C13H12N2O4/c16-13(11-5-2-6-19-11)8-7-14-9-3-1-4-10(12(8)9)15(17)18/h1,3-4,7,11,14H,2,5-6H2. The van der Waals surface area contributed by atoms with Gasteiger partial charge in [-0.15, -0.1) is 0 Å². The molecule has 1 aromatic heterocycles. The Hall–Kier alpha value is -2.21. The van der Waals surface area contributed by atoms with Crippen molar-refractivity contribution in [1.29, 1.82) is 0 Å². The number of hydrogen-bond acceptors (Lipinski definition) is 4. The van der Waals surface area contributed by atoms with Gasteiger partial charge in [-0.2, -0.15) is 0 Å². The van der Waals surface area contributed by atoms with Crippen LogP contribution >= 0.6 is 0 Å². The number of H-pyrrole nitrogens is 1. The van der Waals surface area contributed by atoms with Gasteiger partial charge in [-0.25, -0.2) is 0 Å². The van der Waals surface area contributed by atoms with Crippen LogP contribution in [0.3, 0.4) is 0 Å². The minimum atomic E-state index is -0.473. The van der Waals surface area contributed by atoms with Crippen LogP contribution in [0.15, 0.2) is 24.4 Å². The second kappa shape index (κ2) is 4.47. The van der Waals surface area contributed by atoms with Gasteiger partial charge in [0, 0.05) is 18.9 Å². The van der Waals surface area contributed by atoms with Crippen LogP contribution in [0.5, 0.6) is 0 Å². The average Bonchev–Trinajstić information content (AvgIpc) is 3.06. The van der Waals surface area contributed by atoms with Gasteiger partial charge in [0.15, 0.2) is 5.78 Å². The minimum absolute atomic E-state index is 0.0555. The summed E-state index contributed by atoms with van der Waals surface area (Å²) in [5.74, 6) is -0.182. The molecule has 1 fully saturated rings. The van der Waals surface area contributed by atoms with Gasteiger partial charge in [0.25, 0.3) is 5.69 Å². The number of aromatic nitrogens is 1. The summed E-state index contributed by atoms with van der Waals surface area (Å²) in [5, 5.41) is 11.4. The lowest BCUT2D eigenvalue weighted by molar-refractivity contribution is -0.383. The summed E-state index contributed by atoms with van der Waals surface area (Å²) in [6.45, 7) is 0.570. The van der Waals surface area contributed by atoms with Crippen molar-refractivity contribution in [2.75, 3.05) is 6.61 Å². The number of nitro groups is 1. The number of fused-ring (bicyclic) bond motifs is 1. The van der Waals surface area contributed by atoms with Crippen LogP contribution in [0.25, 0.3) is 10.9 Å². The maximum Gasteiger partial charge on any atom is 0.279 e. The molecule has 3 rings (SSSR count). The van der Waals surface area contributed by atoms with E-state index in [9.17, 15) is 14.9 Å². The third-order valence-electron chi connectivity index (χ3n) is 3.37. The van der Waals surface area contributed by atoms with Crippen LogP contribution in [-0.4, -0.2) is 28.4 Å². The number of aromatic amines is 1. The molecule has 0 radical (unpaired) electrons. The van der Waals surface area contributed by atoms with Crippen LogP contribution in [0.4, 0.5) is 5.69 Å². The minimum Gasteiger partial charge on any atom is -0.370 e. The quantitative estimate of drug-likeness (QED) is 0.521. The third kappa shape index (κ3) is 1.90. The van der Waals surface area contributed by atoms with Crippen molar-refractivity contribution in [2.24, 2.45) is 0 Å². The Morgan fingerprint density at radius 2 is 2.32 bits per heavy atom. The first-order chi connectivity index (χ1) is 9.18. The molecule has 2 aromatic rings. The maximum absolute atomic E-state index is 12.3. The molecule has 0 bridgehead atoms. The summed E-state index contributed by atoms with van der Waals surface area (Å²) in [6.07, 6.45) is 2.58. The maximum atomic E-state index is 12.3. The van der Waals surface area contributed by atoms with Crippen molar-refractivity contribution in [3.05, 3.63) is 40.1 Å². The first-order valence-corrected chi connectivity index (χ1v) is 6.09. The number of nitrogens with one attached hydrogen (secondary N) is 1. The van der Waals surface area contributed by atoms with Gasteiger partial charge in [0.1, 0.15) is 6.10 Å². The van der Waals surface area contributed by atoms with E-state index in [-0.39, 0.29) is 11.5 Å². The number of carbonyl (C=O) groups is 1. The van der Waals surface area contributed by atoms with Crippen LogP contribution < -0.4 is 0 Å². The van der Waals surface area contributed by atoms with E-state index in [1.807, 2.05) is 0 Å². The van der Waals surface area contributed by atoms with Crippen molar-refractivity contribution < 1.29 is 14.5 Å². The Bertz CT molecular complexity index is 656. The van der Waals surface area contributed by atoms with Gasteiger partial charge in [0.05, 0.1) is 21.4 Å². The van der Waals surface area contributed by atoms with E-state index in [0.29, 0.717) is 29.5 Å². The van der Waals surface area contributed by atoms with Gasteiger partial charge in [-0.05, 0) is 18.9 Å². The molecule has 1 aliphatic heterocycles. The van der Waals surface area contributed by atoms with Crippen molar-refractivity contribution >= 4 is 22.4 Å². The molecule has 98 valence electrons. The van der Waals surface area contributed by atoms with E-state index in [1.165, 1.54) is 12.3 Å². The summed E-state index contributed by atoms with van der Waals surface area (Å²) in [7, 11) is 0.